The highest BCUT2D eigenvalue weighted by molar-refractivity contribution is 5.95. The fourth-order valence-electron chi connectivity index (χ4n) is 3.03. The van der Waals surface area contributed by atoms with Crippen LogP contribution in [-0.4, -0.2) is 28.7 Å². The van der Waals surface area contributed by atoms with E-state index in [0.717, 1.165) is 5.56 Å². The number of ketones is 1. The van der Waals surface area contributed by atoms with Crippen LogP contribution in [0.1, 0.15) is 35.8 Å². The van der Waals surface area contributed by atoms with Gasteiger partial charge in [-0.3, -0.25) is 14.6 Å². The highest BCUT2D eigenvalue weighted by Crippen LogP contribution is 2.26. The molecular formula is C23H23FN4O2. The van der Waals surface area contributed by atoms with Crippen molar-refractivity contribution in [2.75, 3.05) is 17.7 Å². The molecule has 2 N–H and O–H groups in total. The minimum absolute atomic E-state index is 0.0837. The van der Waals surface area contributed by atoms with Gasteiger partial charge in [0.1, 0.15) is 17.3 Å². The first-order chi connectivity index (χ1) is 14.4. The van der Waals surface area contributed by atoms with Gasteiger partial charge in [0.05, 0.1) is 5.69 Å². The molecular weight excluding hydrogens is 383 g/mol. The molecule has 0 bridgehead atoms. The third-order valence-electron chi connectivity index (χ3n) is 4.86. The fourth-order valence-corrected chi connectivity index (χ4v) is 3.03. The summed E-state index contributed by atoms with van der Waals surface area (Å²) in [6.07, 6.45) is 4.35. The van der Waals surface area contributed by atoms with Gasteiger partial charge in [-0.25, -0.2) is 9.37 Å². The first kappa shape index (κ1) is 21.1. The van der Waals surface area contributed by atoms with Gasteiger partial charge in [-0.05, 0) is 41.8 Å². The van der Waals surface area contributed by atoms with E-state index in [1.807, 2.05) is 6.07 Å². The lowest BCUT2D eigenvalue weighted by molar-refractivity contribution is -0.118. The molecule has 0 radical (unpaired) electrons. The van der Waals surface area contributed by atoms with Crippen molar-refractivity contribution in [1.82, 2.24) is 9.97 Å². The summed E-state index contributed by atoms with van der Waals surface area (Å²) in [7, 11) is 1.55. The number of amides is 1. The number of hydrogen-bond donors (Lipinski definition) is 1. The number of halogens is 1. The molecule has 154 valence electrons. The summed E-state index contributed by atoms with van der Waals surface area (Å²) in [6, 6.07) is 11.6. The number of nitrogens with two attached hydrogens (primary N) is 1. The molecule has 0 aliphatic heterocycles. The molecule has 0 saturated carbocycles. The Balaban J connectivity index is 1.69. The largest absolute Gasteiger partial charge is 0.384 e. The van der Waals surface area contributed by atoms with Crippen molar-refractivity contribution in [1.29, 1.82) is 0 Å². The average molecular weight is 406 g/mol. The average Bonchev–Trinajstić information content (AvgIpc) is 2.77. The van der Waals surface area contributed by atoms with Crippen molar-refractivity contribution in [2.24, 2.45) is 0 Å². The number of rotatable bonds is 7. The Kier molecular flexibility index (Phi) is 6.51. The minimum Gasteiger partial charge on any atom is -0.384 e. The molecule has 1 amide bonds. The Morgan fingerprint density at radius 1 is 1.03 bits per heavy atom. The van der Waals surface area contributed by atoms with E-state index in [0.29, 0.717) is 41.9 Å². The molecule has 0 unspecified atom stereocenters. The summed E-state index contributed by atoms with van der Waals surface area (Å²) in [5, 5.41) is 0. The number of aryl methyl sites for hydroxylation is 1. The van der Waals surface area contributed by atoms with E-state index in [4.69, 9.17) is 5.73 Å². The Bertz CT molecular complexity index is 1050. The molecule has 2 aromatic heterocycles. The van der Waals surface area contributed by atoms with Gasteiger partial charge in [-0.15, -0.1) is 0 Å². The van der Waals surface area contributed by atoms with Gasteiger partial charge in [-0.1, -0.05) is 25.1 Å². The maximum atomic E-state index is 14.5. The molecule has 0 atom stereocenters. The topological polar surface area (TPSA) is 89.2 Å². The zero-order valence-corrected chi connectivity index (χ0v) is 16.9. The molecule has 3 aromatic rings. The molecule has 0 spiro atoms. The maximum Gasteiger partial charge on any atom is 0.226 e. The Labute approximate surface area is 174 Å². The monoisotopic (exact) mass is 406 g/mol. The third-order valence-corrected chi connectivity index (χ3v) is 4.86. The van der Waals surface area contributed by atoms with Gasteiger partial charge >= 0.3 is 0 Å². The number of nitrogens with zero attached hydrogens (tertiary/aromatic N) is 3. The Hall–Kier alpha value is -3.61. The molecule has 7 heteroatoms. The third kappa shape index (κ3) is 4.86. The fraction of sp³-hybridized carbons (Fsp3) is 0.217. The van der Waals surface area contributed by atoms with Crippen LogP contribution in [0.4, 0.5) is 15.9 Å². The van der Waals surface area contributed by atoms with Crippen molar-refractivity contribution in [2.45, 2.75) is 26.2 Å². The normalized spacial score (nSPS) is 10.6. The summed E-state index contributed by atoms with van der Waals surface area (Å²) in [5.74, 6) is -0.301. The van der Waals surface area contributed by atoms with Crippen molar-refractivity contribution < 1.29 is 14.0 Å². The second-order valence-electron chi connectivity index (χ2n) is 6.92. The number of aromatic nitrogens is 2. The highest BCUT2D eigenvalue weighted by atomic mass is 19.1. The van der Waals surface area contributed by atoms with Crippen molar-refractivity contribution in [3.63, 3.8) is 0 Å². The molecule has 30 heavy (non-hydrogen) atoms. The van der Waals surface area contributed by atoms with Crippen LogP contribution >= 0.6 is 0 Å². The first-order valence-corrected chi connectivity index (χ1v) is 9.65. The molecule has 2 heterocycles. The van der Waals surface area contributed by atoms with Crippen LogP contribution in [0, 0.1) is 5.82 Å². The molecule has 3 rings (SSSR count). The van der Waals surface area contributed by atoms with Crippen LogP contribution in [-0.2, 0) is 11.2 Å². The van der Waals surface area contributed by atoms with E-state index in [1.165, 1.54) is 11.0 Å². The maximum absolute atomic E-state index is 14.5. The number of Topliss-reactive ketones (excluding diaryl/α,β-unsaturated/α-hetero) is 1. The summed E-state index contributed by atoms with van der Waals surface area (Å²) >= 11 is 0. The predicted molar refractivity (Wildman–Crippen MR) is 115 cm³/mol. The second-order valence-corrected chi connectivity index (χ2v) is 6.92. The zero-order valence-electron chi connectivity index (χ0n) is 16.9. The van der Waals surface area contributed by atoms with Crippen LogP contribution < -0.4 is 10.6 Å². The first-order valence-electron chi connectivity index (χ1n) is 9.65. The molecule has 0 aliphatic carbocycles. The van der Waals surface area contributed by atoms with Crippen LogP contribution in [0.3, 0.4) is 0 Å². The van der Waals surface area contributed by atoms with E-state index >= 15 is 0 Å². The van der Waals surface area contributed by atoms with Crippen molar-refractivity contribution in [3.8, 4) is 11.1 Å². The van der Waals surface area contributed by atoms with Crippen LogP contribution in [0.2, 0.25) is 0 Å². The van der Waals surface area contributed by atoms with Gasteiger partial charge in [0.25, 0.3) is 0 Å². The summed E-state index contributed by atoms with van der Waals surface area (Å²) in [6.45, 7) is 1.73. The Morgan fingerprint density at radius 2 is 1.80 bits per heavy atom. The number of pyridine rings is 2. The van der Waals surface area contributed by atoms with Crippen LogP contribution in [0.15, 0.2) is 54.9 Å². The quantitative estimate of drug-likeness (QED) is 0.598. The number of nitrogen functional groups attached to an aromatic ring is 1. The summed E-state index contributed by atoms with van der Waals surface area (Å²) in [5.41, 5.74) is 8.37. The molecule has 0 aliphatic rings. The summed E-state index contributed by atoms with van der Waals surface area (Å²) in [4.78, 5) is 33.7. The second kappa shape index (κ2) is 9.26. The zero-order chi connectivity index (χ0) is 21.7. The van der Waals surface area contributed by atoms with E-state index in [9.17, 15) is 14.0 Å². The van der Waals surface area contributed by atoms with E-state index in [-0.39, 0.29) is 17.4 Å². The molecule has 6 nitrogen and oxygen atoms in total. The molecule has 0 fully saturated rings. The lowest BCUT2D eigenvalue weighted by Gasteiger charge is -2.17. The number of carbonyl (C=O) groups is 2. The van der Waals surface area contributed by atoms with Crippen LogP contribution in [0.25, 0.3) is 11.1 Å². The smallest absolute Gasteiger partial charge is 0.226 e. The predicted octanol–water partition coefficient (Wildman–Crippen LogP) is 4.05. The van der Waals surface area contributed by atoms with Gasteiger partial charge in [0, 0.05) is 37.8 Å². The van der Waals surface area contributed by atoms with E-state index < -0.39 is 5.82 Å². The molecule has 0 saturated heterocycles. The lowest BCUT2D eigenvalue weighted by Crippen LogP contribution is -2.25. The number of hydrogen-bond acceptors (Lipinski definition) is 5. The van der Waals surface area contributed by atoms with E-state index in [1.54, 1.807) is 56.7 Å². The van der Waals surface area contributed by atoms with Crippen molar-refractivity contribution >= 4 is 23.2 Å². The summed E-state index contributed by atoms with van der Waals surface area (Å²) < 4.78 is 14.5. The van der Waals surface area contributed by atoms with Gasteiger partial charge in [-0.2, -0.15) is 0 Å². The van der Waals surface area contributed by atoms with Gasteiger partial charge in [0.2, 0.25) is 5.91 Å². The SMILES string of the molecule is CCC(=O)N(C)c1ccc(-c2ccc(C(=O)CCc3ccc(N)nc3)nc2)cc1F. The highest BCUT2D eigenvalue weighted by Gasteiger charge is 2.14. The number of carbonyl (C=O) groups excluding carboxylic acids is 2. The Morgan fingerprint density at radius 3 is 2.40 bits per heavy atom. The van der Waals surface area contributed by atoms with E-state index in [2.05, 4.69) is 9.97 Å². The van der Waals surface area contributed by atoms with Gasteiger partial charge in [0.15, 0.2) is 5.78 Å². The lowest BCUT2D eigenvalue weighted by atomic mass is 10.0. The minimum atomic E-state index is -0.492. The molecule has 1 aromatic carbocycles. The van der Waals surface area contributed by atoms with Crippen LogP contribution in [0.5, 0.6) is 0 Å². The number of benzene rings is 1. The van der Waals surface area contributed by atoms with Crippen molar-refractivity contribution in [3.05, 3.63) is 71.9 Å². The standard InChI is InChI=1S/C23H23FN4O2/c1-3-23(30)28(2)20-9-7-16(12-18(20)24)17-6-8-19(26-14-17)21(29)10-4-15-5-11-22(25)27-13-15/h5-9,11-14H,3-4,10H2,1-2H3,(H2,25,27). The number of anilines is 2. The van der Waals surface area contributed by atoms with Gasteiger partial charge < -0.3 is 10.6 Å².